The first kappa shape index (κ1) is 19.9. The Morgan fingerprint density at radius 1 is 1.15 bits per heavy atom. The summed E-state index contributed by atoms with van der Waals surface area (Å²) in [4.78, 5) is 38.6. The Morgan fingerprint density at radius 2 is 1.77 bits per heavy atom. The van der Waals surface area contributed by atoms with E-state index in [0.717, 1.165) is 6.42 Å². The van der Waals surface area contributed by atoms with Crippen molar-refractivity contribution in [2.75, 3.05) is 25.0 Å². The third kappa shape index (κ3) is 5.29. The lowest BCUT2D eigenvalue weighted by Gasteiger charge is -2.35. The van der Waals surface area contributed by atoms with Gasteiger partial charge in [0, 0.05) is 19.6 Å². The molecule has 0 radical (unpaired) electrons. The van der Waals surface area contributed by atoms with Crippen LogP contribution < -0.4 is 10.6 Å². The summed E-state index contributed by atoms with van der Waals surface area (Å²) in [6.07, 6.45) is 0.342. The second-order valence-electron chi connectivity index (χ2n) is 7.21. The predicted octanol–water partition coefficient (Wildman–Crippen LogP) is 1.24. The summed E-state index contributed by atoms with van der Waals surface area (Å²) in [5.74, 6) is -1.02. The lowest BCUT2D eigenvalue weighted by Crippen LogP contribution is -2.43. The van der Waals surface area contributed by atoms with Crippen LogP contribution in [0, 0.1) is 11.8 Å². The zero-order valence-corrected chi connectivity index (χ0v) is 15.5. The summed E-state index contributed by atoms with van der Waals surface area (Å²) < 4.78 is 0. The predicted molar refractivity (Wildman–Crippen MR) is 98.6 cm³/mol. The minimum absolute atomic E-state index is 0.0175. The van der Waals surface area contributed by atoms with E-state index in [4.69, 9.17) is 0 Å². The molecule has 1 aliphatic heterocycles. The quantitative estimate of drug-likeness (QED) is 0.703. The minimum atomic E-state index is -0.869. The van der Waals surface area contributed by atoms with Crippen LogP contribution in [-0.4, -0.2) is 53.5 Å². The lowest BCUT2D eigenvalue weighted by molar-refractivity contribution is -0.136. The summed E-state index contributed by atoms with van der Waals surface area (Å²) in [6.45, 7) is 7.09. The number of benzene rings is 1. The number of aliphatic hydroxyl groups is 1. The highest BCUT2D eigenvalue weighted by Crippen LogP contribution is 2.24. The normalized spacial score (nSPS) is 21.0. The first-order chi connectivity index (χ1) is 12.3. The van der Waals surface area contributed by atoms with E-state index in [-0.39, 0.29) is 12.5 Å². The molecule has 1 aromatic carbocycles. The second-order valence-corrected chi connectivity index (χ2v) is 7.21. The molecule has 2 rings (SSSR count). The van der Waals surface area contributed by atoms with Crippen LogP contribution in [0.1, 0.15) is 37.6 Å². The summed E-state index contributed by atoms with van der Waals surface area (Å²) in [7, 11) is 0. The van der Waals surface area contributed by atoms with Crippen molar-refractivity contribution in [2.24, 2.45) is 11.8 Å². The smallest absolute Gasteiger partial charge is 0.313 e. The van der Waals surface area contributed by atoms with Crippen LogP contribution in [0.3, 0.4) is 0 Å². The van der Waals surface area contributed by atoms with Gasteiger partial charge in [0.05, 0.1) is 17.4 Å². The molecule has 0 saturated carbocycles. The highest BCUT2D eigenvalue weighted by Gasteiger charge is 2.28. The number of piperidine rings is 1. The zero-order chi connectivity index (χ0) is 19.3. The molecule has 0 aromatic heterocycles. The maximum atomic E-state index is 12.9. The molecule has 0 spiro atoms. The molecule has 3 amide bonds. The summed E-state index contributed by atoms with van der Waals surface area (Å²) in [5, 5.41) is 14.0. The van der Waals surface area contributed by atoms with Crippen molar-refractivity contribution in [3.63, 3.8) is 0 Å². The molecule has 1 heterocycles. The standard InChI is InChI=1S/C19H27N3O4/c1-12-8-13(2)11-22(10-12)19(26)15-6-4-5-7-16(15)21-18(25)17(24)20-9-14(3)23/h4-7,12-14,23H,8-11H2,1-3H3,(H,20,24)(H,21,25)/t12-,13+,14-/m0/s1. The van der Waals surface area contributed by atoms with Crippen molar-refractivity contribution in [3.05, 3.63) is 29.8 Å². The average Bonchev–Trinajstić information content (AvgIpc) is 2.58. The monoisotopic (exact) mass is 361 g/mol. The van der Waals surface area contributed by atoms with Crippen molar-refractivity contribution in [3.8, 4) is 0 Å². The molecule has 0 aliphatic carbocycles. The van der Waals surface area contributed by atoms with Crippen molar-refractivity contribution >= 4 is 23.4 Å². The molecule has 7 nitrogen and oxygen atoms in total. The maximum Gasteiger partial charge on any atom is 0.313 e. The van der Waals surface area contributed by atoms with Gasteiger partial charge in [-0.3, -0.25) is 14.4 Å². The second kappa shape index (κ2) is 8.80. The fraction of sp³-hybridized carbons (Fsp3) is 0.526. The molecule has 1 aliphatic rings. The molecule has 1 fully saturated rings. The summed E-state index contributed by atoms with van der Waals surface area (Å²) in [5.41, 5.74) is 0.672. The van der Waals surface area contributed by atoms with Gasteiger partial charge in [-0.05, 0) is 37.3 Å². The molecule has 1 saturated heterocycles. The number of hydrogen-bond acceptors (Lipinski definition) is 4. The Kier molecular flexibility index (Phi) is 6.74. The molecule has 7 heteroatoms. The fourth-order valence-electron chi connectivity index (χ4n) is 3.28. The molecule has 3 N–H and O–H groups in total. The number of hydrogen-bond donors (Lipinski definition) is 3. The Hall–Kier alpha value is -2.41. The number of nitrogens with zero attached hydrogens (tertiary/aromatic N) is 1. The van der Waals surface area contributed by atoms with Gasteiger partial charge in [-0.15, -0.1) is 0 Å². The molecule has 26 heavy (non-hydrogen) atoms. The van der Waals surface area contributed by atoms with E-state index in [2.05, 4.69) is 24.5 Å². The Balaban J connectivity index is 2.10. The van der Waals surface area contributed by atoms with E-state index < -0.39 is 17.9 Å². The summed E-state index contributed by atoms with van der Waals surface area (Å²) in [6, 6.07) is 6.67. The number of carbonyl (C=O) groups is 3. The summed E-state index contributed by atoms with van der Waals surface area (Å²) >= 11 is 0. The number of amides is 3. The molecular formula is C19H27N3O4. The topological polar surface area (TPSA) is 98.7 Å². The average molecular weight is 361 g/mol. The van der Waals surface area contributed by atoms with Crippen LogP contribution in [0.25, 0.3) is 0 Å². The van der Waals surface area contributed by atoms with E-state index >= 15 is 0 Å². The van der Waals surface area contributed by atoms with E-state index in [0.29, 0.717) is 36.2 Å². The van der Waals surface area contributed by atoms with Gasteiger partial charge in [-0.2, -0.15) is 0 Å². The van der Waals surface area contributed by atoms with Gasteiger partial charge in [0.2, 0.25) is 0 Å². The number of likely N-dealkylation sites (tertiary alicyclic amines) is 1. The largest absolute Gasteiger partial charge is 0.392 e. The molecule has 1 aromatic rings. The third-order valence-electron chi connectivity index (χ3n) is 4.33. The first-order valence-electron chi connectivity index (χ1n) is 8.93. The Labute approximate surface area is 153 Å². The fourth-order valence-corrected chi connectivity index (χ4v) is 3.28. The van der Waals surface area contributed by atoms with Gasteiger partial charge in [0.25, 0.3) is 5.91 Å². The van der Waals surface area contributed by atoms with Crippen LogP contribution in [0.15, 0.2) is 24.3 Å². The van der Waals surface area contributed by atoms with Gasteiger partial charge >= 0.3 is 11.8 Å². The van der Waals surface area contributed by atoms with Gasteiger partial charge < -0.3 is 20.6 Å². The van der Waals surface area contributed by atoms with Crippen molar-refractivity contribution < 1.29 is 19.5 Å². The molecule has 3 atom stereocenters. The lowest BCUT2D eigenvalue weighted by atomic mass is 9.91. The van der Waals surface area contributed by atoms with E-state index in [9.17, 15) is 19.5 Å². The van der Waals surface area contributed by atoms with E-state index in [1.807, 2.05) is 0 Å². The number of rotatable bonds is 4. The zero-order valence-electron chi connectivity index (χ0n) is 15.5. The van der Waals surface area contributed by atoms with Crippen LogP contribution in [0.2, 0.25) is 0 Å². The first-order valence-corrected chi connectivity index (χ1v) is 8.93. The molecule has 142 valence electrons. The highest BCUT2D eigenvalue weighted by atomic mass is 16.3. The number of para-hydroxylation sites is 1. The van der Waals surface area contributed by atoms with E-state index in [1.165, 1.54) is 6.92 Å². The SMILES string of the molecule is C[C@@H]1C[C@H](C)CN(C(=O)c2ccccc2NC(=O)C(=O)NC[C@H](C)O)C1. The van der Waals surface area contributed by atoms with Crippen LogP contribution in [0.4, 0.5) is 5.69 Å². The Morgan fingerprint density at radius 3 is 2.38 bits per heavy atom. The van der Waals surface area contributed by atoms with Gasteiger partial charge in [-0.25, -0.2) is 0 Å². The molecular weight excluding hydrogens is 334 g/mol. The van der Waals surface area contributed by atoms with Crippen molar-refractivity contribution in [1.82, 2.24) is 10.2 Å². The Bertz CT molecular complexity index is 665. The molecule has 0 unspecified atom stereocenters. The van der Waals surface area contributed by atoms with E-state index in [1.54, 1.807) is 29.2 Å². The number of aliphatic hydroxyl groups excluding tert-OH is 1. The van der Waals surface area contributed by atoms with Gasteiger partial charge in [-0.1, -0.05) is 26.0 Å². The minimum Gasteiger partial charge on any atom is -0.392 e. The highest BCUT2D eigenvalue weighted by molar-refractivity contribution is 6.40. The van der Waals surface area contributed by atoms with Gasteiger partial charge in [0.1, 0.15) is 0 Å². The van der Waals surface area contributed by atoms with Crippen LogP contribution >= 0.6 is 0 Å². The number of nitrogens with one attached hydrogen (secondary N) is 2. The molecule has 0 bridgehead atoms. The number of anilines is 1. The van der Waals surface area contributed by atoms with Gasteiger partial charge in [0.15, 0.2) is 0 Å². The van der Waals surface area contributed by atoms with Crippen molar-refractivity contribution in [1.29, 1.82) is 0 Å². The van der Waals surface area contributed by atoms with Crippen LogP contribution in [-0.2, 0) is 9.59 Å². The number of carbonyl (C=O) groups excluding carboxylic acids is 3. The maximum absolute atomic E-state index is 12.9. The van der Waals surface area contributed by atoms with Crippen LogP contribution in [0.5, 0.6) is 0 Å². The van der Waals surface area contributed by atoms with Crippen molar-refractivity contribution in [2.45, 2.75) is 33.3 Å². The third-order valence-corrected chi connectivity index (χ3v) is 4.33.